The van der Waals surface area contributed by atoms with Crippen molar-refractivity contribution in [1.82, 2.24) is 4.31 Å². The average molecular weight is 480 g/mol. The van der Waals surface area contributed by atoms with Gasteiger partial charge in [0.2, 0.25) is 10.0 Å². The van der Waals surface area contributed by atoms with Gasteiger partial charge in [-0.15, -0.1) is 0 Å². The van der Waals surface area contributed by atoms with Gasteiger partial charge in [0.25, 0.3) is 0 Å². The number of sulfonamides is 1. The Bertz CT molecular complexity index is 1390. The first-order valence-corrected chi connectivity index (χ1v) is 13.4. The van der Waals surface area contributed by atoms with Gasteiger partial charge in [0, 0.05) is 12.6 Å². The fraction of sp³-hybridized carbons (Fsp3) is 0.161. The van der Waals surface area contributed by atoms with Crippen LogP contribution < -0.4 is 0 Å². The van der Waals surface area contributed by atoms with Crippen molar-refractivity contribution in [3.8, 4) is 0 Å². The summed E-state index contributed by atoms with van der Waals surface area (Å²) in [6, 6.07) is 35.8. The van der Waals surface area contributed by atoms with Gasteiger partial charge in [-0.05, 0) is 59.7 Å². The molecular weight excluding hydrogens is 450 g/mol. The van der Waals surface area contributed by atoms with Crippen molar-refractivity contribution in [3.05, 3.63) is 143 Å². The molecule has 1 heterocycles. The van der Waals surface area contributed by atoms with Crippen molar-refractivity contribution in [2.75, 3.05) is 0 Å². The average Bonchev–Trinajstić information content (AvgIpc) is 2.90. The molecule has 1 aliphatic heterocycles. The SMILES string of the molecule is Cc1ccc(S(=O)(=O)N2Cc3ccccc3C[C@H]2CC=C(c2ccccc2)c2ccccc2)cc1. The van der Waals surface area contributed by atoms with E-state index in [4.69, 9.17) is 0 Å². The summed E-state index contributed by atoms with van der Waals surface area (Å²) in [6.07, 6.45) is 3.52. The predicted molar refractivity (Wildman–Crippen MR) is 142 cm³/mol. The third-order valence-corrected chi connectivity index (χ3v) is 8.61. The number of nitrogens with zero attached hydrogens (tertiary/aromatic N) is 1. The van der Waals surface area contributed by atoms with Gasteiger partial charge in [0.15, 0.2) is 0 Å². The molecule has 0 N–H and O–H groups in total. The summed E-state index contributed by atoms with van der Waals surface area (Å²) >= 11 is 0. The minimum atomic E-state index is -3.64. The number of hydrogen-bond acceptors (Lipinski definition) is 2. The van der Waals surface area contributed by atoms with E-state index in [0.29, 0.717) is 24.3 Å². The molecule has 0 bridgehead atoms. The maximum absolute atomic E-state index is 13.8. The van der Waals surface area contributed by atoms with E-state index in [-0.39, 0.29) is 6.04 Å². The van der Waals surface area contributed by atoms with Crippen LogP contribution in [0.5, 0.6) is 0 Å². The third-order valence-electron chi connectivity index (χ3n) is 6.70. The third kappa shape index (κ3) is 5.00. The molecule has 0 amide bonds. The van der Waals surface area contributed by atoms with Gasteiger partial charge in [-0.1, -0.05) is 109 Å². The Labute approximate surface area is 208 Å². The lowest BCUT2D eigenvalue weighted by atomic mass is 9.91. The zero-order valence-corrected chi connectivity index (χ0v) is 20.7. The van der Waals surface area contributed by atoms with E-state index < -0.39 is 10.0 Å². The van der Waals surface area contributed by atoms with Gasteiger partial charge in [-0.3, -0.25) is 0 Å². The molecule has 0 aromatic heterocycles. The van der Waals surface area contributed by atoms with Gasteiger partial charge in [-0.2, -0.15) is 4.31 Å². The minimum Gasteiger partial charge on any atom is -0.207 e. The molecule has 0 fully saturated rings. The van der Waals surface area contributed by atoms with Gasteiger partial charge in [0.1, 0.15) is 0 Å². The van der Waals surface area contributed by atoms with E-state index >= 15 is 0 Å². The molecule has 4 aromatic rings. The molecule has 1 atom stereocenters. The van der Waals surface area contributed by atoms with Crippen LogP contribution in [0.15, 0.2) is 120 Å². The molecule has 5 rings (SSSR count). The first-order valence-electron chi connectivity index (χ1n) is 12.0. The van der Waals surface area contributed by atoms with E-state index in [2.05, 4.69) is 36.4 Å². The first-order chi connectivity index (χ1) is 17.0. The lowest BCUT2D eigenvalue weighted by Crippen LogP contribution is -2.44. The Kier molecular flexibility index (Phi) is 6.67. The molecule has 1 aliphatic rings. The van der Waals surface area contributed by atoms with E-state index in [1.807, 2.05) is 73.7 Å². The van der Waals surface area contributed by atoms with Gasteiger partial charge < -0.3 is 0 Å². The molecule has 35 heavy (non-hydrogen) atoms. The van der Waals surface area contributed by atoms with Crippen LogP contribution in [0.3, 0.4) is 0 Å². The summed E-state index contributed by atoms with van der Waals surface area (Å²) in [5.74, 6) is 0. The van der Waals surface area contributed by atoms with Gasteiger partial charge >= 0.3 is 0 Å². The van der Waals surface area contributed by atoms with Crippen LogP contribution in [0, 0.1) is 6.92 Å². The zero-order chi connectivity index (χ0) is 24.3. The normalized spacial score (nSPS) is 15.9. The summed E-state index contributed by atoms with van der Waals surface area (Å²) in [7, 11) is -3.64. The number of hydrogen-bond donors (Lipinski definition) is 0. The molecular formula is C31H29NO2S. The van der Waals surface area contributed by atoms with Crippen molar-refractivity contribution in [1.29, 1.82) is 0 Å². The molecule has 0 spiro atoms. The Balaban J connectivity index is 1.55. The van der Waals surface area contributed by atoms with Crippen LogP contribution in [0.2, 0.25) is 0 Å². The van der Waals surface area contributed by atoms with Crippen molar-refractivity contribution in [3.63, 3.8) is 0 Å². The Morgan fingerprint density at radius 2 is 1.31 bits per heavy atom. The summed E-state index contributed by atoms with van der Waals surface area (Å²) in [5.41, 5.74) is 6.73. The highest BCUT2D eigenvalue weighted by Crippen LogP contribution is 2.32. The molecule has 0 radical (unpaired) electrons. The maximum Gasteiger partial charge on any atom is 0.243 e. The van der Waals surface area contributed by atoms with Crippen molar-refractivity contribution >= 4 is 15.6 Å². The Morgan fingerprint density at radius 3 is 1.91 bits per heavy atom. The zero-order valence-electron chi connectivity index (χ0n) is 19.8. The molecule has 0 unspecified atom stereocenters. The fourth-order valence-electron chi connectivity index (χ4n) is 4.78. The summed E-state index contributed by atoms with van der Waals surface area (Å²) in [6.45, 7) is 2.35. The van der Waals surface area contributed by atoms with Gasteiger partial charge in [-0.25, -0.2) is 8.42 Å². The lowest BCUT2D eigenvalue weighted by molar-refractivity contribution is 0.293. The second-order valence-electron chi connectivity index (χ2n) is 9.08. The van der Waals surface area contributed by atoms with Crippen molar-refractivity contribution < 1.29 is 8.42 Å². The highest BCUT2D eigenvalue weighted by Gasteiger charge is 2.35. The van der Waals surface area contributed by atoms with E-state index in [9.17, 15) is 8.42 Å². The van der Waals surface area contributed by atoms with Crippen LogP contribution in [0.1, 0.15) is 34.2 Å². The first kappa shape index (κ1) is 23.3. The molecule has 3 nitrogen and oxygen atoms in total. The molecule has 0 aliphatic carbocycles. The van der Waals surface area contributed by atoms with Crippen LogP contribution in [-0.4, -0.2) is 18.8 Å². The number of benzene rings is 4. The highest BCUT2D eigenvalue weighted by molar-refractivity contribution is 7.89. The van der Waals surface area contributed by atoms with Crippen LogP contribution >= 0.6 is 0 Å². The lowest BCUT2D eigenvalue weighted by Gasteiger charge is -2.35. The Morgan fingerprint density at radius 1 is 0.771 bits per heavy atom. The monoisotopic (exact) mass is 479 g/mol. The fourth-order valence-corrected chi connectivity index (χ4v) is 6.40. The second kappa shape index (κ2) is 10.0. The number of aryl methyl sites for hydroxylation is 1. The van der Waals surface area contributed by atoms with E-state index in [1.54, 1.807) is 16.4 Å². The van der Waals surface area contributed by atoms with Crippen LogP contribution in [0.4, 0.5) is 0 Å². The van der Waals surface area contributed by atoms with E-state index in [0.717, 1.165) is 27.8 Å². The van der Waals surface area contributed by atoms with Gasteiger partial charge in [0.05, 0.1) is 4.90 Å². The summed E-state index contributed by atoms with van der Waals surface area (Å²) in [4.78, 5) is 0.350. The molecule has 4 aromatic carbocycles. The molecule has 4 heteroatoms. The number of fused-ring (bicyclic) bond motifs is 1. The van der Waals surface area contributed by atoms with Crippen molar-refractivity contribution in [2.24, 2.45) is 0 Å². The molecule has 0 saturated carbocycles. The maximum atomic E-state index is 13.8. The van der Waals surface area contributed by atoms with Crippen LogP contribution in [0.25, 0.3) is 5.57 Å². The molecule has 0 saturated heterocycles. The second-order valence-corrected chi connectivity index (χ2v) is 11.0. The smallest absolute Gasteiger partial charge is 0.207 e. The van der Waals surface area contributed by atoms with Crippen LogP contribution in [-0.2, 0) is 23.0 Å². The molecule has 176 valence electrons. The highest BCUT2D eigenvalue weighted by atomic mass is 32.2. The topological polar surface area (TPSA) is 37.4 Å². The minimum absolute atomic E-state index is 0.168. The predicted octanol–water partition coefficient (Wildman–Crippen LogP) is 6.63. The standard InChI is InChI=1S/C31H29NO2S/c1-24-16-19-30(20-17-24)35(33,34)32-23-28-15-9-8-14-27(28)22-29(32)18-21-31(25-10-4-2-5-11-25)26-12-6-3-7-13-26/h2-17,19-21,29H,18,22-23H2,1H3/t29-/m1/s1. The Hall–Kier alpha value is -3.47. The number of rotatable bonds is 6. The van der Waals surface area contributed by atoms with E-state index in [1.165, 1.54) is 5.56 Å². The quantitative estimate of drug-likeness (QED) is 0.311. The summed E-state index contributed by atoms with van der Waals surface area (Å²) in [5, 5.41) is 0. The van der Waals surface area contributed by atoms with Crippen molar-refractivity contribution in [2.45, 2.75) is 37.2 Å². The summed E-state index contributed by atoms with van der Waals surface area (Å²) < 4.78 is 29.3. The largest absolute Gasteiger partial charge is 0.243 e.